The summed E-state index contributed by atoms with van der Waals surface area (Å²) in [6.45, 7) is 8.06. The Morgan fingerprint density at radius 1 is 1.44 bits per heavy atom. The fraction of sp³-hybridized carbons (Fsp3) is 0.429. The second kappa shape index (κ2) is 6.31. The van der Waals surface area contributed by atoms with Crippen molar-refractivity contribution < 1.29 is 4.39 Å². The van der Waals surface area contributed by atoms with Crippen molar-refractivity contribution >= 4 is 0 Å². The molecular weight excluding hydrogens is 201 g/mol. The van der Waals surface area contributed by atoms with Gasteiger partial charge in [0.1, 0.15) is 5.82 Å². The molecule has 0 bridgehead atoms. The van der Waals surface area contributed by atoms with E-state index in [1.165, 1.54) is 11.8 Å². The largest absolute Gasteiger partial charge is 0.371 e. The Morgan fingerprint density at radius 2 is 2.19 bits per heavy atom. The molecule has 0 saturated carbocycles. The molecule has 0 unspecified atom stereocenters. The molecular formula is C14H20FN. The molecule has 0 aliphatic heterocycles. The summed E-state index contributed by atoms with van der Waals surface area (Å²) in [5.74, 6) is -0.160. The summed E-state index contributed by atoms with van der Waals surface area (Å²) in [6, 6.07) is 6.82. The van der Waals surface area contributed by atoms with Crippen LogP contribution in [0.2, 0.25) is 0 Å². The van der Waals surface area contributed by atoms with Gasteiger partial charge in [0.05, 0.1) is 0 Å². The Labute approximate surface area is 97.6 Å². The van der Waals surface area contributed by atoms with Gasteiger partial charge in [0, 0.05) is 18.8 Å². The molecule has 88 valence electrons. The van der Waals surface area contributed by atoms with Crippen molar-refractivity contribution in [1.29, 1.82) is 0 Å². The second-order valence-electron chi connectivity index (χ2n) is 3.98. The zero-order valence-corrected chi connectivity index (χ0v) is 10.3. The Kier molecular flexibility index (Phi) is 5.03. The number of allylic oxidation sites excluding steroid dienone is 2. The molecule has 0 atom stereocenters. The van der Waals surface area contributed by atoms with Gasteiger partial charge in [0.2, 0.25) is 0 Å². The van der Waals surface area contributed by atoms with E-state index in [0.717, 1.165) is 25.1 Å². The van der Waals surface area contributed by atoms with Crippen LogP contribution < -0.4 is 0 Å². The first kappa shape index (κ1) is 12.8. The van der Waals surface area contributed by atoms with Crippen LogP contribution in [0.25, 0.3) is 0 Å². The van der Waals surface area contributed by atoms with E-state index in [0.29, 0.717) is 0 Å². The third kappa shape index (κ3) is 3.69. The molecule has 0 fully saturated rings. The van der Waals surface area contributed by atoms with Gasteiger partial charge in [0.25, 0.3) is 0 Å². The lowest BCUT2D eigenvalue weighted by atomic mass is 10.2. The molecule has 16 heavy (non-hydrogen) atoms. The highest BCUT2D eigenvalue weighted by atomic mass is 19.1. The van der Waals surface area contributed by atoms with E-state index < -0.39 is 0 Å². The molecule has 1 rings (SSSR count). The molecule has 0 radical (unpaired) electrons. The van der Waals surface area contributed by atoms with Crippen molar-refractivity contribution in [2.45, 2.75) is 33.7 Å². The Morgan fingerprint density at radius 3 is 2.75 bits per heavy atom. The van der Waals surface area contributed by atoms with Crippen LogP contribution in [0.1, 0.15) is 32.8 Å². The molecule has 0 heterocycles. The number of hydrogen-bond acceptors (Lipinski definition) is 1. The molecule has 0 saturated heterocycles. The fourth-order valence-electron chi connectivity index (χ4n) is 1.69. The van der Waals surface area contributed by atoms with Gasteiger partial charge < -0.3 is 4.90 Å². The molecule has 0 aliphatic carbocycles. The van der Waals surface area contributed by atoms with Crippen molar-refractivity contribution in [3.05, 3.63) is 47.4 Å². The fourth-order valence-corrected chi connectivity index (χ4v) is 1.69. The van der Waals surface area contributed by atoms with Crippen LogP contribution >= 0.6 is 0 Å². The number of halogens is 1. The predicted molar refractivity (Wildman–Crippen MR) is 66.5 cm³/mol. The standard InChI is InChI=1S/C14H20FN/c1-4-9-16(12(3)5-2)11-13-7-6-8-14(15)10-13/h5-8,10H,4,9,11H2,1-3H3/b12-5+. The molecule has 1 nitrogen and oxygen atoms in total. The summed E-state index contributed by atoms with van der Waals surface area (Å²) >= 11 is 0. The van der Waals surface area contributed by atoms with E-state index in [2.05, 4.69) is 24.8 Å². The van der Waals surface area contributed by atoms with Crippen molar-refractivity contribution in [3.63, 3.8) is 0 Å². The maximum Gasteiger partial charge on any atom is 0.123 e. The normalized spacial score (nSPS) is 11.6. The molecule has 0 aromatic heterocycles. The van der Waals surface area contributed by atoms with E-state index in [4.69, 9.17) is 0 Å². The van der Waals surface area contributed by atoms with Crippen LogP contribution in [0.4, 0.5) is 4.39 Å². The SMILES string of the molecule is C/C=C(\C)N(CCC)Cc1cccc(F)c1. The minimum absolute atomic E-state index is 0.160. The van der Waals surface area contributed by atoms with Gasteiger partial charge in [-0.25, -0.2) is 4.39 Å². The van der Waals surface area contributed by atoms with Crippen LogP contribution in [0.5, 0.6) is 0 Å². The number of benzene rings is 1. The van der Waals surface area contributed by atoms with E-state index in [1.54, 1.807) is 12.1 Å². The summed E-state index contributed by atoms with van der Waals surface area (Å²) in [5.41, 5.74) is 2.26. The van der Waals surface area contributed by atoms with Gasteiger partial charge in [-0.2, -0.15) is 0 Å². The van der Waals surface area contributed by atoms with E-state index in [9.17, 15) is 4.39 Å². The highest BCUT2D eigenvalue weighted by Crippen LogP contribution is 2.12. The van der Waals surface area contributed by atoms with Crippen LogP contribution in [-0.2, 0) is 6.54 Å². The van der Waals surface area contributed by atoms with Gasteiger partial charge in [-0.1, -0.05) is 25.1 Å². The maximum atomic E-state index is 13.1. The van der Waals surface area contributed by atoms with E-state index in [1.807, 2.05) is 13.0 Å². The number of nitrogens with zero attached hydrogens (tertiary/aromatic N) is 1. The summed E-state index contributed by atoms with van der Waals surface area (Å²) in [6.07, 6.45) is 3.19. The first-order chi connectivity index (χ1) is 7.67. The summed E-state index contributed by atoms with van der Waals surface area (Å²) < 4.78 is 13.1. The molecule has 0 amide bonds. The number of hydrogen-bond donors (Lipinski definition) is 0. The molecule has 0 N–H and O–H groups in total. The first-order valence-electron chi connectivity index (χ1n) is 5.79. The van der Waals surface area contributed by atoms with Crippen LogP contribution in [0, 0.1) is 5.82 Å². The maximum absolute atomic E-state index is 13.1. The summed E-state index contributed by atoms with van der Waals surface area (Å²) in [5, 5.41) is 0. The summed E-state index contributed by atoms with van der Waals surface area (Å²) in [7, 11) is 0. The molecule has 0 aliphatic rings. The van der Waals surface area contributed by atoms with Crippen molar-refractivity contribution in [1.82, 2.24) is 4.90 Å². The van der Waals surface area contributed by atoms with Crippen molar-refractivity contribution in [2.75, 3.05) is 6.54 Å². The molecule has 2 heteroatoms. The lowest BCUT2D eigenvalue weighted by Crippen LogP contribution is -2.22. The van der Waals surface area contributed by atoms with Gasteiger partial charge in [0.15, 0.2) is 0 Å². The molecule has 1 aromatic carbocycles. The zero-order chi connectivity index (χ0) is 12.0. The highest BCUT2D eigenvalue weighted by molar-refractivity contribution is 5.17. The Balaban J connectivity index is 2.75. The van der Waals surface area contributed by atoms with Crippen LogP contribution in [0.15, 0.2) is 36.0 Å². The highest BCUT2D eigenvalue weighted by Gasteiger charge is 2.05. The van der Waals surface area contributed by atoms with Crippen molar-refractivity contribution in [3.8, 4) is 0 Å². The molecule has 0 spiro atoms. The van der Waals surface area contributed by atoms with Crippen LogP contribution in [-0.4, -0.2) is 11.4 Å². The summed E-state index contributed by atoms with van der Waals surface area (Å²) in [4.78, 5) is 2.27. The topological polar surface area (TPSA) is 3.24 Å². The number of rotatable bonds is 5. The molecule has 1 aromatic rings. The predicted octanol–water partition coefficient (Wildman–Crippen LogP) is 3.96. The third-order valence-electron chi connectivity index (χ3n) is 2.67. The second-order valence-corrected chi connectivity index (χ2v) is 3.98. The average Bonchev–Trinajstić information content (AvgIpc) is 2.27. The van der Waals surface area contributed by atoms with Crippen LogP contribution in [0.3, 0.4) is 0 Å². The van der Waals surface area contributed by atoms with Crippen molar-refractivity contribution in [2.24, 2.45) is 0 Å². The third-order valence-corrected chi connectivity index (χ3v) is 2.67. The monoisotopic (exact) mass is 221 g/mol. The lowest BCUT2D eigenvalue weighted by Gasteiger charge is -2.25. The smallest absolute Gasteiger partial charge is 0.123 e. The van der Waals surface area contributed by atoms with Gasteiger partial charge in [-0.15, -0.1) is 0 Å². The minimum Gasteiger partial charge on any atom is -0.371 e. The lowest BCUT2D eigenvalue weighted by molar-refractivity contribution is 0.336. The van der Waals surface area contributed by atoms with Gasteiger partial charge in [-0.3, -0.25) is 0 Å². The van der Waals surface area contributed by atoms with E-state index in [-0.39, 0.29) is 5.82 Å². The Hall–Kier alpha value is -1.31. The van der Waals surface area contributed by atoms with E-state index >= 15 is 0 Å². The quantitative estimate of drug-likeness (QED) is 0.727. The van der Waals surface area contributed by atoms with Gasteiger partial charge >= 0.3 is 0 Å². The zero-order valence-electron chi connectivity index (χ0n) is 10.3. The average molecular weight is 221 g/mol. The van der Waals surface area contributed by atoms with Gasteiger partial charge in [-0.05, 0) is 38.0 Å². The first-order valence-corrected chi connectivity index (χ1v) is 5.79. The Bertz CT molecular complexity index is 358. The minimum atomic E-state index is -0.160.